The summed E-state index contributed by atoms with van der Waals surface area (Å²) >= 11 is 0. The lowest BCUT2D eigenvalue weighted by atomic mass is 10.1. The lowest BCUT2D eigenvalue weighted by Gasteiger charge is -2.19. The monoisotopic (exact) mass is 393 g/mol. The third-order valence-electron chi connectivity index (χ3n) is 4.46. The van der Waals surface area contributed by atoms with Crippen LogP contribution in [0.4, 0.5) is 15.9 Å². The maximum absolute atomic E-state index is 12.9. The summed E-state index contributed by atoms with van der Waals surface area (Å²) in [7, 11) is 0. The van der Waals surface area contributed by atoms with E-state index in [1.54, 1.807) is 42.5 Å². The maximum atomic E-state index is 12.9. The van der Waals surface area contributed by atoms with Gasteiger partial charge < -0.3 is 20.1 Å². The number of pyridine rings is 1. The third kappa shape index (κ3) is 4.82. The molecule has 0 unspecified atom stereocenters. The highest BCUT2D eigenvalue weighted by atomic mass is 19.1. The molecule has 2 heterocycles. The summed E-state index contributed by atoms with van der Waals surface area (Å²) in [6.07, 6.45) is 2.27. The van der Waals surface area contributed by atoms with E-state index in [1.165, 1.54) is 18.3 Å². The average molecular weight is 393 g/mol. The van der Waals surface area contributed by atoms with Gasteiger partial charge in [-0.15, -0.1) is 0 Å². The normalized spacial score (nSPS) is 12.3. The van der Waals surface area contributed by atoms with Crippen LogP contribution in [0.2, 0.25) is 0 Å². The Balaban J connectivity index is 1.31. The average Bonchev–Trinajstić information content (AvgIpc) is 2.75. The fourth-order valence-corrected chi connectivity index (χ4v) is 2.94. The summed E-state index contributed by atoms with van der Waals surface area (Å²) in [5.74, 6) is 1.46. The largest absolute Gasteiger partial charge is 0.486 e. The number of aromatic nitrogens is 1. The van der Waals surface area contributed by atoms with Crippen molar-refractivity contribution in [1.29, 1.82) is 0 Å². The Morgan fingerprint density at radius 3 is 2.55 bits per heavy atom. The molecule has 7 heteroatoms. The number of ether oxygens (including phenoxy) is 2. The molecular weight excluding hydrogens is 373 g/mol. The van der Waals surface area contributed by atoms with E-state index in [4.69, 9.17) is 9.47 Å². The molecule has 3 aromatic rings. The van der Waals surface area contributed by atoms with Crippen molar-refractivity contribution in [2.75, 3.05) is 30.4 Å². The van der Waals surface area contributed by atoms with Crippen LogP contribution in [0.1, 0.15) is 15.9 Å². The maximum Gasteiger partial charge on any atom is 0.257 e. The summed E-state index contributed by atoms with van der Waals surface area (Å²) in [6, 6.07) is 15.2. The van der Waals surface area contributed by atoms with Crippen LogP contribution in [-0.4, -0.2) is 30.6 Å². The number of carbonyl (C=O) groups is 1. The highest BCUT2D eigenvalue weighted by Gasteiger charge is 2.13. The Kier molecular flexibility index (Phi) is 5.56. The molecule has 1 aliphatic rings. The number of anilines is 2. The van der Waals surface area contributed by atoms with Crippen molar-refractivity contribution in [1.82, 2.24) is 4.98 Å². The molecule has 2 N–H and O–H groups in total. The molecule has 6 nitrogen and oxygen atoms in total. The molecule has 4 rings (SSSR count). The van der Waals surface area contributed by atoms with Crippen molar-refractivity contribution in [2.45, 2.75) is 6.42 Å². The zero-order valence-corrected chi connectivity index (χ0v) is 15.7. The summed E-state index contributed by atoms with van der Waals surface area (Å²) in [5.41, 5.74) is 2.11. The number of benzene rings is 2. The van der Waals surface area contributed by atoms with Crippen molar-refractivity contribution in [2.24, 2.45) is 0 Å². The van der Waals surface area contributed by atoms with Crippen LogP contribution in [0.15, 0.2) is 60.8 Å². The second kappa shape index (κ2) is 8.60. The van der Waals surface area contributed by atoms with Crippen molar-refractivity contribution in [3.8, 4) is 11.5 Å². The summed E-state index contributed by atoms with van der Waals surface area (Å²) in [4.78, 5) is 16.7. The van der Waals surface area contributed by atoms with Gasteiger partial charge in [-0.1, -0.05) is 12.1 Å². The molecule has 1 amide bonds. The third-order valence-corrected chi connectivity index (χ3v) is 4.46. The number of nitrogens with zero attached hydrogens (tertiary/aromatic N) is 1. The van der Waals surface area contributed by atoms with Gasteiger partial charge in [0, 0.05) is 24.5 Å². The summed E-state index contributed by atoms with van der Waals surface area (Å²) in [6.45, 7) is 1.67. The van der Waals surface area contributed by atoms with E-state index < -0.39 is 0 Å². The lowest BCUT2D eigenvalue weighted by molar-refractivity contribution is 0.102. The predicted octanol–water partition coefficient (Wildman–Crippen LogP) is 3.90. The molecular formula is C22H20FN3O3. The molecule has 0 atom stereocenters. The number of rotatable bonds is 6. The van der Waals surface area contributed by atoms with Gasteiger partial charge in [0.25, 0.3) is 5.91 Å². The minimum absolute atomic E-state index is 0.242. The van der Waals surface area contributed by atoms with E-state index in [2.05, 4.69) is 15.6 Å². The second-order valence-corrected chi connectivity index (χ2v) is 6.55. The number of fused-ring (bicyclic) bond motifs is 1. The van der Waals surface area contributed by atoms with Crippen molar-refractivity contribution in [3.63, 3.8) is 0 Å². The second-order valence-electron chi connectivity index (χ2n) is 6.55. The van der Waals surface area contributed by atoms with Crippen LogP contribution in [0.3, 0.4) is 0 Å². The quantitative estimate of drug-likeness (QED) is 0.665. The smallest absolute Gasteiger partial charge is 0.257 e. The molecule has 148 valence electrons. The fraction of sp³-hybridized carbons (Fsp3) is 0.182. The number of amides is 1. The number of halogens is 1. The molecule has 0 saturated carbocycles. The Morgan fingerprint density at radius 2 is 1.79 bits per heavy atom. The molecule has 29 heavy (non-hydrogen) atoms. The van der Waals surface area contributed by atoms with Crippen molar-refractivity contribution < 1.29 is 18.7 Å². The van der Waals surface area contributed by atoms with Crippen LogP contribution in [-0.2, 0) is 6.42 Å². The zero-order valence-electron chi connectivity index (χ0n) is 15.7. The zero-order chi connectivity index (χ0) is 20.1. The highest BCUT2D eigenvalue weighted by molar-refractivity contribution is 6.04. The summed E-state index contributed by atoms with van der Waals surface area (Å²) < 4.78 is 23.9. The first-order valence-electron chi connectivity index (χ1n) is 9.33. The van der Waals surface area contributed by atoms with E-state index in [-0.39, 0.29) is 11.7 Å². The number of nitrogens with one attached hydrogen (secondary N) is 2. The van der Waals surface area contributed by atoms with Crippen molar-refractivity contribution in [3.05, 3.63) is 77.7 Å². The molecule has 0 fully saturated rings. The Hall–Kier alpha value is -3.61. The summed E-state index contributed by atoms with van der Waals surface area (Å²) in [5, 5.41) is 6.02. The van der Waals surface area contributed by atoms with E-state index in [9.17, 15) is 9.18 Å². The van der Waals surface area contributed by atoms with E-state index in [1.807, 2.05) is 0 Å². The van der Waals surface area contributed by atoms with E-state index in [0.29, 0.717) is 48.3 Å². The molecule has 0 bridgehead atoms. The van der Waals surface area contributed by atoms with Gasteiger partial charge in [-0.2, -0.15) is 0 Å². The molecule has 0 aliphatic carbocycles. The van der Waals surface area contributed by atoms with Crippen molar-refractivity contribution >= 4 is 17.4 Å². The first-order valence-corrected chi connectivity index (χ1v) is 9.33. The number of hydrogen-bond acceptors (Lipinski definition) is 5. The first kappa shape index (κ1) is 18.7. The van der Waals surface area contributed by atoms with Gasteiger partial charge >= 0.3 is 0 Å². The van der Waals surface area contributed by atoms with Crippen LogP contribution < -0.4 is 20.1 Å². The van der Waals surface area contributed by atoms with E-state index >= 15 is 0 Å². The Morgan fingerprint density at radius 1 is 1.00 bits per heavy atom. The van der Waals surface area contributed by atoms with Crippen LogP contribution >= 0.6 is 0 Å². The molecule has 0 spiro atoms. The Labute approximate surface area is 167 Å². The molecule has 0 radical (unpaired) electrons. The van der Waals surface area contributed by atoms with Gasteiger partial charge in [0.2, 0.25) is 0 Å². The SMILES string of the molecule is O=C(Nc1ccc2c(c1)OCCO2)c1ccc(NCCc2ccc(F)cc2)nc1. The standard InChI is InChI=1S/C22H20FN3O3/c23-17-4-1-15(2-5-17)9-10-24-21-8-3-16(14-25-21)22(27)26-18-6-7-19-20(13-18)29-12-11-28-19/h1-8,13-14H,9-12H2,(H,24,25)(H,26,27). The molecule has 1 aliphatic heterocycles. The molecule has 0 saturated heterocycles. The van der Waals surface area contributed by atoms with Gasteiger partial charge in [0.05, 0.1) is 5.56 Å². The van der Waals surface area contributed by atoms with Crippen LogP contribution in [0.5, 0.6) is 11.5 Å². The predicted molar refractivity (Wildman–Crippen MR) is 108 cm³/mol. The minimum atomic E-state index is -0.257. The first-order chi connectivity index (χ1) is 14.2. The highest BCUT2D eigenvalue weighted by Crippen LogP contribution is 2.32. The topological polar surface area (TPSA) is 72.5 Å². The van der Waals surface area contributed by atoms with Gasteiger partial charge in [0.15, 0.2) is 11.5 Å². The fourth-order valence-electron chi connectivity index (χ4n) is 2.94. The van der Waals surface area contributed by atoms with Gasteiger partial charge in [0.1, 0.15) is 24.8 Å². The number of hydrogen-bond donors (Lipinski definition) is 2. The molecule has 2 aromatic carbocycles. The lowest BCUT2D eigenvalue weighted by Crippen LogP contribution is -2.16. The minimum Gasteiger partial charge on any atom is -0.486 e. The van der Waals surface area contributed by atoms with Gasteiger partial charge in [-0.25, -0.2) is 9.37 Å². The van der Waals surface area contributed by atoms with Crippen LogP contribution in [0.25, 0.3) is 0 Å². The van der Waals surface area contributed by atoms with E-state index in [0.717, 1.165) is 12.0 Å². The van der Waals surface area contributed by atoms with Crippen LogP contribution in [0, 0.1) is 5.82 Å². The number of carbonyl (C=O) groups excluding carboxylic acids is 1. The Bertz CT molecular complexity index is 991. The van der Waals surface area contributed by atoms with Gasteiger partial charge in [-0.05, 0) is 48.4 Å². The van der Waals surface area contributed by atoms with Gasteiger partial charge in [-0.3, -0.25) is 4.79 Å². The molecule has 1 aromatic heterocycles.